The smallest absolute Gasteiger partial charge is 0.254 e. The molecule has 0 bridgehead atoms. The molecule has 1 aliphatic heterocycles. The Morgan fingerprint density at radius 3 is 2.50 bits per heavy atom. The Kier molecular flexibility index (Phi) is 4.90. The van der Waals surface area contributed by atoms with E-state index in [1.54, 1.807) is 23.1 Å². The van der Waals surface area contributed by atoms with Gasteiger partial charge in [0.2, 0.25) is 10.0 Å². The van der Waals surface area contributed by atoms with Crippen LogP contribution < -0.4 is 0 Å². The molecule has 0 aliphatic carbocycles. The number of aryl methyl sites for hydroxylation is 2. The summed E-state index contributed by atoms with van der Waals surface area (Å²) < 4.78 is 35.9. The van der Waals surface area contributed by atoms with Crippen molar-refractivity contribution in [1.29, 1.82) is 0 Å². The summed E-state index contributed by atoms with van der Waals surface area (Å²) in [7, 11) is -3.69. The van der Waals surface area contributed by atoms with Crippen LogP contribution in [0.5, 0.6) is 0 Å². The number of fused-ring (bicyclic) bond motifs is 1. The number of hydrogen-bond donors (Lipinski definition) is 0. The topological polar surface area (TPSA) is 83.5 Å². The summed E-state index contributed by atoms with van der Waals surface area (Å²) in [6.07, 6.45) is 0. The molecular weight excluding hydrogens is 396 g/mol. The van der Waals surface area contributed by atoms with Gasteiger partial charge in [0, 0.05) is 31.7 Å². The highest BCUT2D eigenvalue weighted by Crippen LogP contribution is 2.25. The monoisotopic (exact) mass is 416 g/mol. The van der Waals surface area contributed by atoms with Crippen LogP contribution in [-0.4, -0.2) is 58.5 Å². The van der Waals surface area contributed by atoms with Gasteiger partial charge in [-0.2, -0.15) is 13.1 Å². The van der Waals surface area contributed by atoms with Gasteiger partial charge in [-0.3, -0.25) is 4.79 Å². The zero-order valence-electron chi connectivity index (χ0n) is 15.6. The van der Waals surface area contributed by atoms with E-state index in [-0.39, 0.29) is 23.9 Å². The van der Waals surface area contributed by atoms with E-state index in [4.69, 9.17) is 0 Å². The van der Waals surface area contributed by atoms with Crippen molar-refractivity contribution >= 4 is 38.7 Å². The zero-order valence-corrected chi connectivity index (χ0v) is 17.3. The molecule has 2 aromatic carbocycles. The lowest BCUT2D eigenvalue weighted by molar-refractivity contribution is 0.0697. The van der Waals surface area contributed by atoms with Crippen LogP contribution in [0.25, 0.3) is 11.0 Å². The van der Waals surface area contributed by atoms with Crippen molar-refractivity contribution < 1.29 is 13.2 Å². The van der Waals surface area contributed by atoms with Crippen LogP contribution in [0.4, 0.5) is 0 Å². The van der Waals surface area contributed by atoms with Crippen LogP contribution >= 0.6 is 11.7 Å². The first-order valence-corrected chi connectivity index (χ1v) is 11.1. The van der Waals surface area contributed by atoms with Gasteiger partial charge in [-0.25, -0.2) is 8.42 Å². The molecule has 0 atom stereocenters. The minimum absolute atomic E-state index is 0.0552. The molecule has 0 radical (unpaired) electrons. The van der Waals surface area contributed by atoms with Crippen LogP contribution in [0, 0.1) is 13.8 Å². The van der Waals surface area contributed by atoms with Crippen molar-refractivity contribution in [1.82, 2.24) is 18.0 Å². The number of carbonyl (C=O) groups is 1. The van der Waals surface area contributed by atoms with Crippen LogP contribution in [0.15, 0.2) is 41.3 Å². The number of sulfonamides is 1. The molecule has 0 spiro atoms. The Hall–Kier alpha value is -2.36. The van der Waals surface area contributed by atoms with E-state index in [2.05, 4.69) is 8.75 Å². The summed E-state index contributed by atoms with van der Waals surface area (Å²) in [4.78, 5) is 14.7. The first-order valence-electron chi connectivity index (χ1n) is 8.96. The van der Waals surface area contributed by atoms with Gasteiger partial charge in [-0.15, -0.1) is 0 Å². The molecule has 1 saturated heterocycles. The number of benzene rings is 2. The average Bonchev–Trinajstić information content (AvgIpc) is 3.16. The number of nitrogens with zero attached hydrogens (tertiary/aromatic N) is 4. The lowest BCUT2D eigenvalue weighted by Gasteiger charge is -2.34. The molecule has 1 fully saturated rings. The summed E-state index contributed by atoms with van der Waals surface area (Å²) in [5.41, 5.74) is 3.69. The van der Waals surface area contributed by atoms with Gasteiger partial charge < -0.3 is 4.90 Å². The SMILES string of the molecule is Cc1ccc(C(=O)N2CCN(S(=O)(=O)c3cccc4nsnc34)CC2)c(C)c1. The van der Waals surface area contributed by atoms with Crippen molar-refractivity contribution in [2.45, 2.75) is 18.7 Å². The molecule has 9 heteroatoms. The molecule has 0 unspecified atom stereocenters. The third-order valence-electron chi connectivity index (χ3n) is 5.00. The Morgan fingerprint density at radius 1 is 1.04 bits per heavy atom. The van der Waals surface area contributed by atoms with Crippen molar-refractivity contribution in [3.8, 4) is 0 Å². The maximum absolute atomic E-state index is 13.1. The van der Waals surface area contributed by atoms with Crippen LogP contribution in [-0.2, 0) is 10.0 Å². The molecule has 3 aromatic rings. The van der Waals surface area contributed by atoms with Gasteiger partial charge in [0.15, 0.2) is 0 Å². The predicted octanol–water partition coefficient (Wildman–Crippen LogP) is 2.45. The lowest BCUT2D eigenvalue weighted by Crippen LogP contribution is -2.50. The van der Waals surface area contributed by atoms with Gasteiger partial charge in [-0.1, -0.05) is 23.8 Å². The fourth-order valence-corrected chi connectivity index (χ4v) is 5.66. The van der Waals surface area contributed by atoms with Crippen LogP contribution in [0.3, 0.4) is 0 Å². The minimum Gasteiger partial charge on any atom is -0.336 e. The second-order valence-corrected chi connectivity index (χ2v) is 9.34. The Labute approximate surface area is 168 Å². The molecular formula is C19H20N4O3S2. The summed E-state index contributed by atoms with van der Waals surface area (Å²) in [5.74, 6) is -0.0552. The van der Waals surface area contributed by atoms with Gasteiger partial charge in [-0.05, 0) is 37.6 Å². The van der Waals surface area contributed by atoms with Crippen molar-refractivity contribution in [3.63, 3.8) is 0 Å². The quantitative estimate of drug-likeness (QED) is 0.655. The third-order valence-corrected chi connectivity index (χ3v) is 7.48. The molecule has 146 valence electrons. The maximum atomic E-state index is 13.1. The molecule has 1 amide bonds. The summed E-state index contributed by atoms with van der Waals surface area (Å²) in [6.45, 7) is 5.14. The molecule has 28 heavy (non-hydrogen) atoms. The summed E-state index contributed by atoms with van der Waals surface area (Å²) >= 11 is 0.998. The van der Waals surface area contributed by atoms with E-state index in [0.29, 0.717) is 29.7 Å². The summed E-state index contributed by atoms with van der Waals surface area (Å²) in [6, 6.07) is 10.7. The Morgan fingerprint density at radius 2 is 1.79 bits per heavy atom. The number of hydrogen-bond acceptors (Lipinski definition) is 6. The average molecular weight is 417 g/mol. The maximum Gasteiger partial charge on any atom is 0.254 e. The number of piperazine rings is 1. The number of carbonyl (C=O) groups excluding carboxylic acids is 1. The Balaban J connectivity index is 1.52. The molecule has 1 aliphatic rings. The lowest BCUT2D eigenvalue weighted by atomic mass is 10.0. The van der Waals surface area contributed by atoms with E-state index in [0.717, 1.165) is 22.9 Å². The van der Waals surface area contributed by atoms with Gasteiger partial charge in [0.25, 0.3) is 5.91 Å². The van der Waals surface area contributed by atoms with Crippen molar-refractivity contribution in [3.05, 3.63) is 53.1 Å². The van der Waals surface area contributed by atoms with E-state index in [9.17, 15) is 13.2 Å². The highest BCUT2D eigenvalue weighted by atomic mass is 32.2. The highest BCUT2D eigenvalue weighted by Gasteiger charge is 2.32. The zero-order chi connectivity index (χ0) is 19.9. The van der Waals surface area contributed by atoms with Crippen molar-refractivity contribution in [2.75, 3.05) is 26.2 Å². The normalized spacial score (nSPS) is 15.9. The minimum atomic E-state index is -3.69. The molecule has 7 nitrogen and oxygen atoms in total. The summed E-state index contributed by atoms with van der Waals surface area (Å²) in [5, 5.41) is 0. The largest absolute Gasteiger partial charge is 0.336 e. The molecule has 2 heterocycles. The van der Waals surface area contributed by atoms with Gasteiger partial charge >= 0.3 is 0 Å². The van der Waals surface area contributed by atoms with E-state index in [1.165, 1.54) is 4.31 Å². The fourth-order valence-electron chi connectivity index (χ4n) is 3.48. The molecule has 4 rings (SSSR count). The highest BCUT2D eigenvalue weighted by molar-refractivity contribution is 7.89. The van der Waals surface area contributed by atoms with Gasteiger partial charge in [0.05, 0.1) is 11.7 Å². The number of amides is 1. The van der Waals surface area contributed by atoms with Gasteiger partial charge in [0.1, 0.15) is 15.9 Å². The first-order chi connectivity index (χ1) is 13.4. The molecule has 0 N–H and O–H groups in total. The molecule has 1 aromatic heterocycles. The van der Waals surface area contributed by atoms with E-state index in [1.807, 2.05) is 32.0 Å². The second-order valence-electron chi connectivity index (χ2n) is 6.90. The van der Waals surface area contributed by atoms with Crippen molar-refractivity contribution in [2.24, 2.45) is 0 Å². The predicted molar refractivity (Wildman–Crippen MR) is 108 cm³/mol. The number of rotatable bonds is 3. The molecule has 0 saturated carbocycles. The first kappa shape index (κ1) is 19.0. The second kappa shape index (κ2) is 7.23. The standard InChI is InChI=1S/C19H20N4O3S2/c1-13-6-7-15(14(2)12-13)19(24)22-8-10-23(11-9-22)28(25,26)17-5-3-4-16-18(17)21-27-20-16/h3-7,12H,8-11H2,1-2H3. The van der Waals surface area contributed by atoms with Crippen LogP contribution in [0.2, 0.25) is 0 Å². The van der Waals surface area contributed by atoms with E-state index >= 15 is 0 Å². The Bertz CT molecular complexity index is 1150. The number of aromatic nitrogens is 2. The van der Waals surface area contributed by atoms with Crippen LogP contribution in [0.1, 0.15) is 21.5 Å². The third kappa shape index (κ3) is 3.30. The van der Waals surface area contributed by atoms with E-state index < -0.39 is 10.0 Å². The fraction of sp³-hybridized carbons (Fsp3) is 0.316.